The van der Waals surface area contributed by atoms with Crippen molar-refractivity contribution in [3.8, 4) is 0 Å². The van der Waals surface area contributed by atoms with E-state index in [4.69, 9.17) is 0 Å². The Kier molecular flexibility index (Phi) is 3.55. The van der Waals surface area contributed by atoms with Crippen LogP contribution in [0.5, 0.6) is 0 Å². The van der Waals surface area contributed by atoms with Crippen molar-refractivity contribution in [3.63, 3.8) is 0 Å². The third-order valence-corrected chi connectivity index (χ3v) is 4.22. The van der Waals surface area contributed by atoms with Gasteiger partial charge in [-0.3, -0.25) is 4.79 Å². The Bertz CT molecular complexity index is 472. The Morgan fingerprint density at radius 3 is 2.61 bits per heavy atom. The molecule has 96 valence electrons. The molecule has 2 nitrogen and oxygen atoms in total. The summed E-state index contributed by atoms with van der Waals surface area (Å²) in [5.41, 5.74) is 4.16. The highest BCUT2D eigenvalue weighted by molar-refractivity contribution is 5.86. The lowest BCUT2D eigenvalue weighted by atomic mass is 9.64. The molecule has 1 saturated carbocycles. The van der Waals surface area contributed by atoms with E-state index in [1.165, 1.54) is 29.2 Å². The summed E-state index contributed by atoms with van der Waals surface area (Å²) >= 11 is 0. The summed E-state index contributed by atoms with van der Waals surface area (Å²) in [5, 5.41) is 2.95. The first-order valence-corrected chi connectivity index (χ1v) is 6.55. The number of benzene rings is 1. The zero-order valence-corrected chi connectivity index (χ0v) is 11.3. The van der Waals surface area contributed by atoms with Gasteiger partial charge in [-0.1, -0.05) is 31.2 Å². The van der Waals surface area contributed by atoms with Gasteiger partial charge >= 0.3 is 0 Å². The molecule has 0 spiro atoms. The van der Waals surface area contributed by atoms with Gasteiger partial charge in [-0.15, -0.1) is 0 Å². The van der Waals surface area contributed by atoms with E-state index in [1.54, 1.807) is 0 Å². The molecule has 1 aromatic rings. The Hall–Kier alpha value is -1.57. The van der Waals surface area contributed by atoms with Crippen molar-refractivity contribution in [2.24, 2.45) is 0 Å². The van der Waals surface area contributed by atoms with Crippen LogP contribution in [0.4, 0.5) is 0 Å². The molecule has 0 unspecified atom stereocenters. The fraction of sp³-hybridized carbons (Fsp3) is 0.438. The minimum atomic E-state index is -0.0786. The highest BCUT2D eigenvalue weighted by atomic mass is 16.1. The summed E-state index contributed by atoms with van der Waals surface area (Å²) in [6.45, 7) is 8.49. The smallest absolute Gasteiger partial charge is 0.243 e. The van der Waals surface area contributed by atoms with E-state index in [-0.39, 0.29) is 11.3 Å². The number of hydrogen-bond acceptors (Lipinski definition) is 1. The fourth-order valence-corrected chi connectivity index (χ4v) is 2.57. The summed E-state index contributed by atoms with van der Waals surface area (Å²) in [4.78, 5) is 11.3. The molecule has 18 heavy (non-hydrogen) atoms. The van der Waals surface area contributed by atoms with Crippen LogP contribution in [0.25, 0.3) is 0 Å². The van der Waals surface area contributed by atoms with Crippen LogP contribution in [-0.4, -0.2) is 12.5 Å². The predicted molar refractivity (Wildman–Crippen MR) is 74.7 cm³/mol. The number of carbonyl (C=O) groups excluding carboxylic acids is 1. The molecule has 0 saturated heterocycles. The van der Waals surface area contributed by atoms with Crippen LogP contribution in [-0.2, 0) is 10.2 Å². The molecule has 0 aliphatic heterocycles. The molecule has 0 bridgehead atoms. The van der Waals surface area contributed by atoms with Gasteiger partial charge in [0.15, 0.2) is 0 Å². The molecular weight excluding hydrogens is 222 g/mol. The average Bonchev–Trinajstić information content (AvgIpc) is 2.31. The van der Waals surface area contributed by atoms with E-state index in [0.29, 0.717) is 0 Å². The van der Waals surface area contributed by atoms with Gasteiger partial charge < -0.3 is 5.32 Å². The summed E-state index contributed by atoms with van der Waals surface area (Å²) < 4.78 is 0. The van der Waals surface area contributed by atoms with Crippen molar-refractivity contribution >= 4 is 5.91 Å². The van der Waals surface area contributed by atoms with Gasteiger partial charge in [0.2, 0.25) is 5.91 Å². The number of hydrogen-bond donors (Lipinski definition) is 1. The standard InChI is InChI=1S/C16H21NO/c1-4-15(18)17-11-16(8-5-9-16)14-7-6-12(2)13(3)10-14/h4,6-7,10H,1,5,8-9,11H2,2-3H3,(H,17,18). The van der Waals surface area contributed by atoms with Crippen molar-refractivity contribution in [2.45, 2.75) is 38.5 Å². The third kappa shape index (κ3) is 2.33. The lowest BCUT2D eigenvalue weighted by Gasteiger charge is -2.42. The summed E-state index contributed by atoms with van der Waals surface area (Å²) in [6.07, 6.45) is 4.91. The van der Waals surface area contributed by atoms with E-state index >= 15 is 0 Å². The molecule has 1 aliphatic carbocycles. The van der Waals surface area contributed by atoms with Gasteiger partial charge in [0.05, 0.1) is 0 Å². The maximum atomic E-state index is 11.3. The van der Waals surface area contributed by atoms with Crippen LogP contribution >= 0.6 is 0 Å². The number of nitrogens with one attached hydrogen (secondary N) is 1. The van der Waals surface area contributed by atoms with Crippen LogP contribution in [0, 0.1) is 13.8 Å². The van der Waals surface area contributed by atoms with Crippen LogP contribution in [0.2, 0.25) is 0 Å². The molecule has 1 fully saturated rings. The molecular formula is C16H21NO. The number of carbonyl (C=O) groups is 1. The van der Waals surface area contributed by atoms with E-state index in [0.717, 1.165) is 19.4 Å². The second-order valence-electron chi connectivity index (χ2n) is 5.35. The lowest BCUT2D eigenvalue weighted by molar-refractivity contribution is -0.116. The van der Waals surface area contributed by atoms with Crippen LogP contribution < -0.4 is 5.32 Å². The van der Waals surface area contributed by atoms with Crippen molar-refractivity contribution in [2.75, 3.05) is 6.54 Å². The Labute approximate surface area is 109 Å². The zero-order chi connectivity index (χ0) is 13.2. The number of aryl methyl sites for hydroxylation is 2. The molecule has 2 rings (SSSR count). The largest absolute Gasteiger partial charge is 0.352 e. The minimum Gasteiger partial charge on any atom is -0.352 e. The van der Waals surface area contributed by atoms with Gasteiger partial charge in [-0.25, -0.2) is 0 Å². The van der Waals surface area contributed by atoms with E-state index in [2.05, 4.69) is 43.9 Å². The predicted octanol–water partition coefficient (Wildman–Crippen LogP) is 3.03. The molecule has 0 aromatic heterocycles. The molecule has 1 amide bonds. The molecule has 0 atom stereocenters. The van der Waals surface area contributed by atoms with Crippen molar-refractivity contribution in [1.82, 2.24) is 5.32 Å². The molecule has 2 heteroatoms. The monoisotopic (exact) mass is 243 g/mol. The topological polar surface area (TPSA) is 29.1 Å². The van der Waals surface area contributed by atoms with Gasteiger partial charge in [-0.05, 0) is 49.5 Å². The minimum absolute atomic E-state index is 0.0786. The molecule has 1 N–H and O–H groups in total. The SMILES string of the molecule is C=CC(=O)NCC1(c2ccc(C)c(C)c2)CCC1. The Morgan fingerprint density at radius 2 is 2.11 bits per heavy atom. The van der Waals surface area contributed by atoms with Crippen LogP contribution in [0.15, 0.2) is 30.9 Å². The molecule has 1 aromatic carbocycles. The molecule has 0 heterocycles. The van der Waals surface area contributed by atoms with E-state index in [9.17, 15) is 4.79 Å². The number of amides is 1. The van der Waals surface area contributed by atoms with Crippen molar-refractivity contribution in [1.29, 1.82) is 0 Å². The highest BCUT2D eigenvalue weighted by Crippen LogP contribution is 2.43. The lowest BCUT2D eigenvalue weighted by Crippen LogP contribution is -2.45. The van der Waals surface area contributed by atoms with Gasteiger partial charge in [-0.2, -0.15) is 0 Å². The first kappa shape index (κ1) is 12.9. The fourth-order valence-electron chi connectivity index (χ4n) is 2.57. The van der Waals surface area contributed by atoms with E-state index < -0.39 is 0 Å². The van der Waals surface area contributed by atoms with Crippen molar-refractivity contribution < 1.29 is 4.79 Å². The Balaban J connectivity index is 2.18. The molecule has 0 radical (unpaired) electrons. The first-order valence-electron chi connectivity index (χ1n) is 6.55. The normalized spacial score (nSPS) is 16.8. The van der Waals surface area contributed by atoms with Crippen molar-refractivity contribution in [3.05, 3.63) is 47.5 Å². The van der Waals surface area contributed by atoms with Gasteiger partial charge in [0.25, 0.3) is 0 Å². The maximum Gasteiger partial charge on any atom is 0.243 e. The van der Waals surface area contributed by atoms with E-state index in [1.807, 2.05) is 0 Å². The Morgan fingerprint density at radius 1 is 1.39 bits per heavy atom. The van der Waals surface area contributed by atoms with Crippen LogP contribution in [0.1, 0.15) is 36.0 Å². The third-order valence-electron chi connectivity index (χ3n) is 4.22. The summed E-state index contributed by atoms with van der Waals surface area (Å²) in [7, 11) is 0. The second-order valence-corrected chi connectivity index (χ2v) is 5.35. The summed E-state index contributed by atoms with van der Waals surface area (Å²) in [6, 6.07) is 6.66. The highest BCUT2D eigenvalue weighted by Gasteiger charge is 2.38. The second kappa shape index (κ2) is 4.97. The summed E-state index contributed by atoms with van der Waals surface area (Å²) in [5.74, 6) is -0.0786. The quantitative estimate of drug-likeness (QED) is 0.809. The number of rotatable bonds is 4. The molecule has 1 aliphatic rings. The van der Waals surface area contributed by atoms with Gasteiger partial charge in [0.1, 0.15) is 0 Å². The maximum absolute atomic E-state index is 11.3. The van der Waals surface area contributed by atoms with Crippen LogP contribution in [0.3, 0.4) is 0 Å². The first-order chi connectivity index (χ1) is 8.57. The van der Waals surface area contributed by atoms with Gasteiger partial charge in [0, 0.05) is 12.0 Å². The zero-order valence-electron chi connectivity index (χ0n) is 11.3. The average molecular weight is 243 g/mol.